The number of carbonyl (C=O) groups excluding carboxylic acids is 1. The molecule has 2 unspecified atom stereocenters. The maximum absolute atomic E-state index is 10.9. The quantitative estimate of drug-likeness (QED) is 0.746. The number of hydrogen-bond donors (Lipinski definition) is 1. The lowest BCUT2D eigenvalue weighted by Crippen LogP contribution is -2.10. The molecular weight excluding hydrogens is 194 g/mol. The molecule has 0 bridgehead atoms. The summed E-state index contributed by atoms with van der Waals surface area (Å²) in [7, 11) is 0. The number of benzene rings is 1. The second kappa shape index (κ2) is 3.90. The molecule has 4 heteroatoms. The highest BCUT2D eigenvalue weighted by Gasteiger charge is 2.34. The van der Waals surface area contributed by atoms with E-state index < -0.39 is 18.4 Å². The molecule has 0 saturated carbocycles. The molecule has 1 heterocycles. The SMILES string of the molecule is [CH2]C1OC(=O)OC1c1ccc(CN)cc1. The van der Waals surface area contributed by atoms with Gasteiger partial charge in [0.05, 0.1) is 0 Å². The monoisotopic (exact) mass is 206 g/mol. The highest BCUT2D eigenvalue weighted by atomic mass is 16.8. The third-order valence-electron chi connectivity index (χ3n) is 2.35. The van der Waals surface area contributed by atoms with Gasteiger partial charge >= 0.3 is 6.16 Å². The van der Waals surface area contributed by atoms with Gasteiger partial charge in [0.25, 0.3) is 0 Å². The fourth-order valence-electron chi connectivity index (χ4n) is 1.52. The Morgan fingerprint density at radius 2 is 1.93 bits per heavy atom. The standard InChI is InChI=1S/C11H12NO3/c1-7-10(15-11(13)14-7)9-4-2-8(6-12)3-5-9/h2-5,7,10H,1,6,12H2. The Kier molecular flexibility index (Phi) is 2.60. The molecule has 1 aliphatic rings. The van der Waals surface area contributed by atoms with Crippen molar-refractivity contribution in [1.82, 2.24) is 0 Å². The summed E-state index contributed by atoms with van der Waals surface area (Å²) in [6.45, 7) is 4.19. The summed E-state index contributed by atoms with van der Waals surface area (Å²) in [5, 5.41) is 0. The van der Waals surface area contributed by atoms with Crippen LogP contribution in [0.2, 0.25) is 0 Å². The highest BCUT2D eigenvalue weighted by Crippen LogP contribution is 2.29. The maximum atomic E-state index is 10.9. The van der Waals surface area contributed by atoms with Crippen LogP contribution in [0, 0.1) is 6.92 Å². The lowest BCUT2D eigenvalue weighted by atomic mass is 10.0. The van der Waals surface area contributed by atoms with Crippen molar-refractivity contribution in [3.05, 3.63) is 42.3 Å². The molecule has 79 valence electrons. The van der Waals surface area contributed by atoms with Crippen molar-refractivity contribution < 1.29 is 14.3 Å². The van der Waals surface area contributed by atoms with Crippen LogP contribution in [-0.4, -0.2) is 12.3 Å². The first-order chi connectivity index (χ1) is 7.20. The third-order valence-corrected chi connectivity index (χ3v) is 2.35. The summed E-state index contributed by atoms with van der Waals surface area (Å²) in [6, 6.07) is 7.53. The maximum Gasteiger partial charge on any atom is 0.509 e. The van der Waals surface area contributed by atoms with Gasteiger partial charge in [-0.3, -0.25) is 0 Å². The molecule has 1 radical (unpaired) electrons. The number of nitrogens with two attached hydrogens (primary N) is 1. The lowest BCUT2D eigenvalue weighted by molar-refractivity contribution is 0.117. The van der Waals surface area contributed by atoms with E-state index in [0.717, 1.165) is 11.1 Å². The first kappa shape index (κ1) is 9.98. The number of hydrogen-bond acceptors (Lipinski definition) is 4. The third kappa shape index (κ3) is 1.94. The van der Waals surface area contributed by atoms with Crippen LogP contribution in [0.5, 0.6) is 0 Å². The molecule has 0 aliphatic carbocycles. The van der Waals surface area contributed by atoms with Crippen LogP contribution in [0.15, 0.2) is 24.3 Å². The van der Waals surface area contributed by atoms with Crippen molar-refractivity contribution in [3.8, 4) is 0 Å². The first-order valence-electron chi connectivity index (χ1n) is 4.70. The smallest absolute Gasteiger partial charge is 0.427 e. The van der Waals surface area contributed by atoms with E-state index in [1.54, 1.807) is 0 Å². The summed E-state index contributed by atoms with van der Waals surface area (Å²) in [5.41, 5.74) is 7.39. The predicted octanol–water partition coefficient (Wildman–Crippen LogP) is 1.56. The Bertz CT molecular complexity index is 361. The van der Waals surface area contributed by atoms with Crippen LogP contribution in [0.3, 0.4) is 0 Å². The van der Waals surface area contributed by atoms with Crippen molar-refractivity contribution in [2.75, 3.05) is 0 Å². The number of carbonyl (C=O) groups is 1. The zero-order chi connectivity index (χ0) is 10.8. The fraction of sp³-hybridized carbons (Fsp3) is 0.273. The van der Waals surface area contributed by atoms with Crippen molar-refractivity contribution in [2.24, 2.45) is 5.73 Å². The Labute approximate surface area is 88.0 Å². The Morgan fingerprint density at radius 3 is 2.40 bits per heavy atom. The van der Waals surface area contributed by atoms with Gasteiger partial charge < -0.3 is 15.2 Å². The topological polar surface area (TPSA) is 61.5 Å². The second-order valence-electron chi connectivity index (χ2n) is 3.39. The van der Waals surface area contributed by atoms with Crippen LogP contribution in [-0.2, 0) is 16.0 Å². The molecule has 1 fully saturated rings. The molecule has 1 aromatic carbocycles. The van der Waals surface area contributed by atoms with E-state index in [1.165, 1.54) is 0 Å². The minimum atomic E-state index is -0.664. The van der Waals surface area contributed by atoms with Gasteiger partial charge in [0.1, 0.15) is 6.10 Å². The van der Waals surface area contributed by atoms with Gasteiger partial charge in [0.2, 0.25) is 0 Å². The second-order valence-corrected chi connectivity index (χ2v) is 3.39. The van der Waals surface area contributed by atoms with Crippen molar-refractivity contribution in [2.45, 2.75) is 18.8 Å². The molecule has 0 aromatic heterocycles. The van der Waals surface area contributed by atoms with E-state index in [-0.39, 0.29) is 0 Å². The van der Waals surface area contributed by atoms with Gasteiger partial charge in [-0.1, -0.05) is 24.3 Å². The van der Waals surface area contributed by atoms with E-state index in [4.69, 9.17) is 15.2 Å². The minimum Gasteiger partial charge on any atom is -0.427 e. The number of ether oxygens (including phenoxy) is 2. The summed E-state index contributed by atoms with van der Waals surface area (Å²) < 4.78 is 9.77. The zero-order valence-corrected chi connectivity index (χ0v) is 8.18. The average Bonchev–Trinajstić information content (AvgIpc) is 2.58. The molecule has 1 saturated heterocycles. The van der Waals surface area contributed by atoms with Crippen molar-refractivity contribution >= 4 is 6.16 Å². The first-order valence-corrected chi connectivity index (χ1v) is 4.70. The number of rotatable bonds is 2. The normalized spacial score (nSPS) is 24.8. The molecule has 2 atom stereocenters. The van der Waals surface area contributed by atoms with Crippen LogP contribution >= 0.6 is 0 Å². The largest absolute Gasteiger partial charge is 0.509 e. The van der Waals surface area contributed by atoms with Gasteiger partial charge in [0.15, 0.2) is 6.10 Å². The van der Waals surface area contributed by atoms with Crippen LogP contribution in [0.25, 0.3) is 0 Å². The Balaban J connectivity index is 2.19. The van der Waals surface area contributed by atoms with Crippen LogP contribution in [0.4, 0.5) is 4.79 Å². The lowest BCUT2D eigenvalue weighted by Gasteiger charge is -2.11. The fourth-order valence-corrected chi connectivity index (χ4v) is 1.52. The zero-order valence-electron chi connectivity index (χ0n) is 8.18. The summed E-state index contributed by atoms with van der Waals surface area (Å²) in [4.78, 5) is 10.9. The molecule has 1 aliphatic heterocycles. The molecule has 15 heavy (non-hydrogen) atoms. The molecule has 1 aromatic rings. The van der Waals surface area contributed by atoms with E-state index in [1.807, 2.05) is 24.3 Å². The van der Waals surface area contributed by atoms with E-state index >= 15 is 0 Å². The van der Waals surface area contributed by atoms with Crippen LogP contribution in [0.1, 0.15) is 17.2 Å². The van der Waals surface area contributed by atoms with Gasteiger partial charge in [-0.05, 0) is 18.1 Å². The average molecular weight is 206 g/mol. The molecule has 4 nitrogen and oxygen atoms in total. The molecular formula is C11H12NO3. The Hall–Kier alpha value is -1.55. The summed E-state index contributed by atoms with van der Waals surface area (Å²) in [5.74, 6) is 0. The van der Waals surface area contributed by atoms with E-state index in [9.17, 15) is 4.79 Å². The van der Waals surface area contributed by atoms with Gasteiger partial charge in [-0.25, -0.2) is 4.79 Å². The highest BCUT2D eigenvalue weighted by molar-refractivity contribution is 5.63. The molecule has 2 rings (SSSR count). The summed E-state index contributed by atoms with van der Waals surface area (Å²) >= 11 is 0. The number of cyclic esters (lactones) is 2. The minimum absolute atomic E-state index is 0.413. The van der Waals surface area contributed by atoms with Crippen molar-refractivity contribution in [3.63, 3.8) is 0 Å². The van der Waals surface area contributed by atoms with Gasteiger partial charge in [0, 0.05) is 6.54 Å². The summed E-state index contributed by atoms with van der Waals surface area (Å²) in [6.07, 6.45) is -1.56. The molecule has 2 N–H and O–H groups in total. The van der Waals surface area contributed by atoms with Crippen LogP contribution < -0.4 is 5.73 Å². The van der Waals surface area contributed by atoms with Gasteiger partial charge in [-0.15, -0.1) is 0 Å². The van der Waals surface area contributed by atoms with Crippen molar-refractivity contribution in [1.29, 1.82) is 0 Å². The van der Waals surface area contributed by atoms with E-state index in [0.29, 0.717) is 6.54 Å². The molecule has 0 amide bonds. The Morgan fingerprint density at radius 1 is 1.27 bits per heavy atom. The predicted molar refractivity (Wildman–Crippen MR) is 53.8 cm³/mol. The van der Waals surface area contributed by atoms with E-state index in [2.05, 4.69) is 6.92 Å². The van der Waals surface area contributed by atoms with Gasteiger partial charge in [-0.2, -0.15) is 0 Å². The molecule has 0 spiro atoms.